The van der Waals surface area contributed by atoms with Gasteiger partial charge in [0.25, 0.3) is 5.69 Å². The topological polar surface area (TPSA) is 71.8 Å². The maximum atomic E-state index is 11.1. The number of aromatic amines is 1. The number of hydrogen-bond acceptors (Lipinski definition) is 3. The minimum absolute atomic E-state index is 0.120. The molecule has 18 heavy (non-hydrogen) atoms. The van der Waals surface area contributed by atoms with Crippen molar-refractivity contribution in [3.05, 3.63) is 45.9 Å². The van der Waals surface area contributed by atoms with Gasteiger partial charge in [0, 0.05) is 29.7 Å². The zero-order valence-corrected chi connectivity index (χ0v) is 10.4. The van der Waals surface area contributed by atoms with Gasteiger partial charge in [0.05, 0.1) is 4.92 Å². The lowest BCUT2D eigenvalue weighted by Gasteiger charge is -2.04. The van der Waals surface area contributed by atoms with Crippen molar-refractivity contribution in [1.82, 2.24) is 9.97 Å². The highest BCUT2D eigenvalue weighted by molar-refractivity contribution is 5.73. The summed E-state index contributed by atoms with van der Waals surface area (Å²) in [4.78, 5) is 17.9. The largest absolute Gasteiger partial charge is 0.353 e. The van der Waals surface area contributed by atoms with Crippen molar-refractivity contribution < 1.29 is 4.92 Å². The van der Waals surface area contributed by atoms with Gasteiger partial charge in [0.15, 0.2) is 0 Å². The highest BCUT2D eigenvalue weighted by atomic mass is 16.6. The van der Waals surface area contributed by atoms with Crippen LogP contribution in [0.15, 0.2) is 24.5 Å². The monoisotopic (exact) mass is 245 g/mol. The molecule has 94 valence electrons. The molecular formula is C13H15N3O2. The van der Waals surface area contributed by atoms with Crippen LogP contribution in [0.2, 0.25) is 0 Å². The first-order chi connectivity index (χ1) is 8.67. The molecule has 2 aromatic heterocycles. The van der Waals surface area contributed by atoms with Crippen LogP contribution in [0.1, 0.15) is 25.1 Å². The number of aryl methyl sites for hydroxylation is 2. The molecule has 0 spiro atoms. The highest BCUT2D eigenvalue weighted by Crippen LogP contribution is 2.32. The van der Waals surface area contributed by atoms with Crippen molar-refractivity contribution in [2.24, 2.45) is 0 Å². The van der Waals surface area contributed by atoms with Crippen LogP contribution < -0.4 is 0 Å². The summed E-state index contributed by atoms with van der Waals surface area (Å²) in [7, 11) is 0. The van der Waals surface area contributed by atoms with Crippen LogP contribution in [0.25, 0.3) is 11.3 Å². The molecule has 0 aliphatic heterocycles. The van der Waals surface area contributed by atoms with E-state index in [0.717, 1.165) is 29.7 Å². The van der Waals surface area contributed by atoms with E-state index in [9.17, 15) is 10.1 Å². The summed E-state index contributed by atoms with van der Waals surface area (Å²) in [6.07, 6.45) is 4.94. The van der Waals surface area contributed by atoms with Gasteiger partial charge in [-0.1, -0.05) is 13.8 Å². The van der Waals surface area contributed by atoms with Crippen molar-refractivity contribution in [2.45, 2.75) is 26.7 Å². The molecule has 2 rings (SSSR count). The first-order valence-electron chi connectivity index (χ1n) is 5.96. The Labute approximate surface area is 105 Å². The fourth-order valence-electron chi connectivity index (χ4n) is 1.99. The lowest BCUT2D eigenvalue weighted by atomic mass is 10.1. The average molecular weight is 245 g/mol. The second-order valence-corrected chi connectivity index (χ2v) is 4.05. The molecule has 0 saturated heterocycles. The summed E-state index contributed by atoms with van der Waals surface area (Å²) in [5, 5.41) is 11.1. The molecule has 2 heterocycles. The number of pyridine rings is 1. The Balaban J connectivity index is 2.62. The van der Waals surface area contributed by atoms with Gasteiger partial charge in [0.1, 0.15) is 5.69 Å². The summed E-state index contributed by atoms with van der Waals surface area (Å²) < 4.78 is 0. The smallest absolute Gasteiger partial charge is 0.295 e. The maximum Gasteiger partial charge on any atom is 0.295 e. The van der Waals surface area contributed by atoms with Crippen LogP contribution in [0, 0.1) is 10.1 Å². The Morgan fingerprint density at radius 2 is 2.17 bits per heavy atom. The third-order valence-electron chi connectivity index (χ3n) is 2.99. The number of hydrogen-bond donors (Lipinski definition) is 1. The standard InChI is InChI=1S/C13H15N3O2/c1-3-9-5-6-14-8-11(9)13-12(16(17)18)7-10(4-2)15-13/h5-8,15H,3-4H2,1-2H3. The van der Waals surface area contributed by atoms with Gasteiger partial charge in [-0.25, -0.2) is 0 Å². The minimum atomic E-state index is -0.350. The normalized spacial score (nSPS) is 10.6. The van der Waals surface area contributed by atoms with Crippen molar-refractivity contribution in [3.8, 4) is 11.3 Å². The first kappa shape index (κ1) is 12.3. The number of nitrogens with one attached hydrogen (secondary N) is 1. The molecule has 0 saturated carbocycles. The van der Waals surface area contributed by atoms with Gasteiger partial charge in [-0.15, -0.1) is 0 Å². The predicted octanol–water partition coefficient (Wildman–Crippen LogP) is 3.11. The van der Waals surface area contributed by atoms with E-state index in [1.54, 1.807) is 18.5 Å². The molecule has 1 N–H and O–H groups in total. The van der Waals surface area contributed by atoms with E-state index in [2.05, 4.69) is 9.97 Å². The fraction of sp³-hybridized carbons (Fsp3) is 0.308. The summed E-state index contributed by atoms with van der Waals surface area (Å²) in [5.41, 5.74) is 3.41. The number of rotatable bonds is 4. The molecule has 5 nitrogen and oxygen atoms in total. The van der Waals surface area contributed by atoms with E-state index >= 15 is 0 Å². The number of H-pyrrole nitrogens is 1. The molecular weight excluding hydrogens is 230 g/mol. The van der Waals surface area contributed by atoms with Gasteiger partial charge in [-0.3, -0.25) is 15.1 Å². The predicted molar refractivity (Wildman–Crippen MR) is 69.4 cm³/mol. The summed E-state index contributed by atoms with van der Waals surface area (Å²) in [6.45, 7) is 3.98. The average Bonchev–Trinajstić information content (AvgIpc) is 2.83. The van der Waals surface area contributed by atoms with Crippen LogP contribution >= 0.6 is 0 Å². The zero-order valence-electron chi connectivity index (χ0n) is 10.4. The van der Waals surface area contributed by atoms with Crippen LogP contribution in [0.4, 0.5) is 5.69 Å². The van der Waals surface area contributed by atoms with Crippen molar-refractivity contribution in [2.75, 3.05) is 0 Å². The van der Waals surface area contributed by atoms with E-state index in [4.69, 9.17) is 0 Å². The molecule has 0 unspecified atom stereocenters. The Morgan fingerprint density at radius 3 is 2.78 bits per heavy atom. The van der Waals surface area contributed by atoms with E-state index in [-0.39, 0.29) is 10.6 Å². The van der Waals surface area contributed by atoms with Crippen molar-refractivity contribution in [1.29, 1.82) is 0 Å². The molecule has 0 bridgehead atoms. The van der Waals surface area contributed by atoms with E-state index < -0.39 is 0 Å². The Kier molecular flexibility index (Phi) is 3.41. The number of nitrogens with zero attached hydrogens (tertiary/aromatic N) is 2. The molecule has 0 radical (unpaired) electrons. The highest BCUT2D eigenvalue weighted by Gasteiger charge is 2.20. The van der Waals surface area contributed by atoms with E-state index in [0.29, 0.717) is 5.69 Å². The lowest BCUT2D eigenvalue weighted by Crippen LogP contribution is -1.93. The second kappa shape index (κ2) is 5.00. The van der Waals surface area contributed by atoms with Gasteiger partial charge >= 0.3 is 0 Å². The van der Waals surface area contributed by atoms with Crippen molar-refractivity contribution >= 4 is 5.69 Å². The SMILES string of the molecule is CCc1cc([N+](=O)[O-])c(-c2cnccc2CC)[nH]1. The second-order valence-electron chi connectivity index (χ2n) is 4.05. The number of aromatic nitrogens is 2. The summed E-state index contributed by atoms with van der Waals surface area (Å²) >= 11 is 0. The zero-order chi connectivity index (χ0) is 13.1. The Morgan fingerprint density at radius 1 is 1.39 bits per heavy atom. The van der Waals surface area contributed by atoms with Gasteiger partial charge in [0.2, 0.25) is 0 Å². The molecule has 0 amide bonds. The molecule has 2 aromatic rings. The summed E-state index contributed by atoms with van der Waals surface area (Å²) in [5.74, 6) is 0. The first-order valence-corrected chi connectivity index (χ1v) is 5.96. The molecule has 0 fully saturated rings. The van der Waals surface area contributed by atoms with Crippen molar-refractivity contribution in [3.63, 3.8) is 0 Å². The maximum absolute atomic E-state index is 11.1. The van der Waals surface area contributed by atoms with Crippen LogP contribution in [0.3, 0.4) is 0 Å². The Hall–Kier alpha value is -2.17. The van der Waals surface area contributed by atoms with Crippen LogP contribution in [-0.2, 0) is 12.8 Å². The summed E-state index contributed by atoms with van der Waals surface area (Å²) in [6, 6.07) is 3.49. The third-order valence-corrected chi connectivity index (χ3v) is 2.99. The van der Waals surface area contributed by atoms with Gasteiger partial charge in [-0.05, 0) is 24.5 Å². The van der Waals surface area contributed by atoms with Crippen LogP contribution in [0.5, 0.6) is 0 Å². The fourth-order valence-corrected chi connectivity index (χ4v) is 1.99. The minimum Gasteiger partial charge on any atom is -0.353 e. The Bertz CT molecular complexity index is 575. The lowest BCUT2D eigenvalue weighted by molar-refractivity contribution is -0.384. The van der Waals surface area contributed by atoms with E-state index in [1.807, 2.05) is 19.9 Å². The molecule has 0 aromatic carbocycles. The van der Waals surface area contributed by atoms with Gasteiger partial charge < -0.3 is 4.98 Å². The third kappa shape index (κ3) is 2.11. The quantitative estimate of drug-likeness (QED) is 0.664. The molecule has 0 aliphatic rings. The van der Waals surface area contributed by atoms with Crippen LogP contribution in [-0.4, -0.2) is 14.9 Å². The molecule has 0 atom stereocenters. The molecule has 5 heteroatoms. The van der Waals surface area contributed by atoms with E-state index in [1.165, 1.54) is 0 Å². The number of nitro groups is 1. The molecule has 0 aliphatic carbocycles. The van der Waals surface area contributed by atoms with Gasteiger partial charge in [-0.2, -0.15) is 0 Å².